The number of rotatable bonds is 4. The van der Waals surface area contributed by atoms with Gasteiger partial charge in [0.15, 0.2) is 0 Å². The minimum atomic E-state index is -0.331. The van der Waals surface area contributed by atoms with Gasteiger partial charge in [0.1, 0.15) is 5.69 Å². The fraction of sp³-hybridized carbons (Fsp3) is 0.500. The highest BCUT2D eigenvalue weighted by Crippen LogP contribution is 2.10. The molecule has 1 heterocycles. The first-order chi connectivity index (χ1) is 6.70. The number of ether oxygens (including phenoxy) is 1. The summed E-state index contributed by atoms with van der Waals surface area (Å²) in [6.45, 7) is 0.165. The molecule has 0 aliphatic carbocycles. The third kappa shape index (κ3) is 2.14. The van der Waals surface area contributed by atoms with Gasteiger partial charge in [0.25, 0.3) is 0 Å². The number of nitrogens with zero attached hydrogens (tertiary/aromatic N) is 1. The van der Waals surface area contributed by atoms with Crippen molar-refractivity contribution in [2.75, 3.05) is 13.7 Å². The van der Waals surface area contributed by atoms with E-state index in [4.69, 9.17) is 5.11 Å². The SMILES string of the molecule is COC(=O)c1ccc(CCCO)n1C. The fourth-order valence-corrected chi connectivity index (χ4v) is 1.37. The average Bonchev–Trinajstić information content (AvgIpc) is 2.56. The fourth-order valence-electron chi connectivity index (χ4n) is 1.37. The van der Waals surface area contributed by atoms with Crippen molar-refractivity contribution in [1.82, 2.24) is 4.57 Å². The molecule has 0 amide bonds. The molecule has 4 nitrogen and oxygen atoms in total. The highest BCUT2D eigenvalue weighted by Gasteiger charge is 2.11. The number of aliphatic hydroxyl groups is 1. The predicted octanol–water partition coefficient (Wildman–Crippen LogP) is 0.737. The second kappa shape index (κ2) is 4.81. The maximum absolute atomic E-state index is 11.2. The van der Waals surface area contributed by atoms with E-state index in [9.17, 15) is 4.79 Å². The van der Waals surface area contributed by atoms with Gasteiger partial charge in [-0.05, 0) is 25.0 Å². The zero-order valence-electron chi connectivity index (χ0n) is 8.49. The van der Waals surface area contributed by atoms with Crippen LogP contribution in [-0.2, 0) is 18.2 Å². The predicted molar refractivity (Wildman–Crippen MR) is 52.2 cm³/mol. The van der Waals surface area contributed by atoms with Crippen molar-refractivity contribution in [2.45, 2.75) is 12.8 Å². The van der Waals surface area contributed by atoms with E-state index in [0.29, 0.717) is 12.1 Å². The third-order valence-electron chi connectivity index (χ3n) is 2.21. The molecule has 0 atom stereocenters. The van der Waals surface area contributed by atoms with Gasteiger partial charge in [-0.3, -0.25) is 0 Å². The molecule has 1 aromatic rings. The van der Waals surface area contributed by atoms with Crippen molar-refractivity contribution < 1.29 is 14.6 Å². The molecule has 0 radical (unpaired) electrons. The van der Waals surface area contributed by atoms with Gasteiger partial charge in [0.2, 0.25) is 0 Å². The van der Waals surface area contributed by atoms with E-state index in [1.54, 1.807) is 10.6 Å². The molecule has 0 saturated heterocycles. The number of esters is 1. The first-order valence-corrected chi connectivity index (χ1v) is 4.54. The number of aromatic nitrogens is 1. The summed E-state index contributed by atoms with van der Waals surface area (Å²) in [5.74, 6) is -0.331. The number of aliphatic hydroxyl groups excluding tert-OH is 1. The Morgan fingerprint density at radius 2 is 2.29 bits per heavy atom. The Morgan fingerprint density at radius 1 is 1.57 bits per heavy atom. The van der Waals surface area contributed by atoms with Crippen LogP contribution in [0, 0.1) is 0 Å². The summed E-state index contributed by atoms with van der Waals surface area (Å²) in [7, 11) is 3.18. The molecular weight excluding hydrogens is 182 g/mol. The maximum atomic E-state index is 11.2. The third-order valence-corrected chi connectivity index (χ3v) is 2.21. The number of carbonyl (C=O) groups excluding carboxylic acids is 1. The molecule has 0 spiro atoms. The van der Waals surface area contributed by atoms with Crippen molar-refractivity contribution in [2.24, 2.45) is 7.05 Å². The van der Waals surface area contributed by atoms with Crippen LogP contribution in [0.1, 0.15) is 22.6 Å². The lowest BCUT2D eigenvalue weighted by molar-refractivity contribution is 0.0589. The molecule has 0 aromatic carbocycles. The Balaban J connectivity index is 2.80. The normalized spacial score (nSPS) is 10.2. The maximum Gasteiger partial charge on any atom is 0.354 e. The summed E-state index contributed by atoms with van der Waals surface area (Å²) >= 11 is 0. The molecule has 0 bridgehead atoms. The highest BCUT2D eigenvalue weighted by atomic mass is 16.5. The van der Waals surface area contributed by atoms with Crippen LogP contribution in [0.5, 0.6) is 0 Å². The molecule has 0 unspecified atom stereocenters. The summed E-state index contributed by atoms with van der Waals surface area (Å²) in [6.07, 6.45) is 1.47. The lowest BCUT2D eigenvalue weighted by Crippen LogP contribution is -2.09. The molecule has 78 valence electrons. The van der Waals surface area contributed by atoms with Crippen LogP contribution in [0.4, 0.5) is 0 Å². The standard InChI is InChI=1S/C10H15NO3/c1-11-8(4-3-7-12)5-6-9(11)10(13)14-2/h5-6,12H,3-4,7H2,1-2H3. The van der Waals surface area contributed by atoms with Crippen molar-refractivity contribution in [3.63, 3.8) is 0 Å². The van der Waals surface area contributed by atoms with Crippen molar-refractivity contribution in [1.29, 1.82) is 0 Å². The van der Waals surface area contributed by atoms with Gasteiger partial charge in [-0.25, -0.2) is 4.79 Å². The average molecular weight is 197 g/mol. The van der Waals surface area contributed by atoms with Gasteiger partial charge in [0.05, 0.1) is 7.11 Å². The number of aryl methyl sites for hydroxylation is 1. The first-order valence-electron chi connectivity index (χ1n) is 4.54. The Morgan fingerprint density at radius 3 is 2.86 bits per heavy atom. The molecule has 1 aromatic heterocycles. The van der Waals surface area contributed by atoms with Crippen LogP contribution in [0.2, 0.25) is 0 Å². The zero-order valence-corrected chi connectivity index (χ0v) is 8.49. The van der Waals surface area contributed by atoms with E-state index in [1.165, 1.54) is 7.11 Å². The molecule has 0 saturated carbocycles. The van der Waals surface area contributed by atoms with Gasteiger partial charge in [-0.15, -0.1) is 0 Å². The molecule has 1 N–H and O–H groups in total. The van der Waals surface area contributed by atoms with E-state index in [-0.39, 0.29) is 12.6 Å². The first kappa shape index (κ1) is 10.8. The van der Waals surface area contributed by atoms with Crippen LogP contribution in [-0.4, -0.2) is 29.4 Å². The quantitative estimate of drug-likeness (QED) is 0.724. The Hall–Kier alpha value is -1.29. The van der Waals surface area contributed by atoms with E-state index in [0.717, 1.165) is 12.1 Å². The number of hydrogen-bond acceptors (Lipinski definition) is 3. The second-order valence-electron chi connectivity index (χ2n) is 3.09. The highest BCUT2D eigenvalue weighted by molar-refractivity contribution is 5.87. The molecule has 4 heteroatoms. The number of methoxy groups -OCH3 is 1. The topological polar surface area (TPSA) is 51.5 Å². The minimum absolute atomic E-state index is 0.165. The summed E-state index contributed by atoms with van der Waals surface area (Å²) in [6, 6.07) is 3.61. The Labute approximate surface area is 83.1 Å². The van der Waals surface area contributed by atoms with Crippen LogP contribution in [0.3, 0.4) is 0 Å². The zero-order chi connectivity index (χ0) is 10.6. The summed E-state index contributed by atoms with van der Waals surface area (Å²) in [5.41, 5.74) is 1.57. The number of carbonyl (C=O) groups is 1. The minimum Gasteiger partial charge on any atom is -0.464 e. The van der Waals surface area contributed by atoms with Crippen molar-refractivity contribution in [3.8, 4) is 0 Å². The van der Waals surface area contributed by atoms with Crippen LogP contribution < -0.4 is 0 Å². The van der Waals surface area contributed by atoms with Gasteiger partial charge in [-0.1, -0.05) is 0 Å². The molecule has 1 rings (SSSR count). The molecule has 0 aliphatic heterocycles. The van der Waals surface area contributed by atoms with Crippen LogP contribution >= 0.6 is 0 Å². The molecule has 14 heavy (non-hydrogen) atoms. The molecule has 0 fully saturated rings. The van der Waals surface area contributed by atoms with Gasteiger partial charge in [0, 0.05) is 19.3 Å². The largest absolute Gasteiger partial charge is 0.464 e. The Bertz CT molecular complexity index is 317. The monoisotopic (exact) mass is 197 g/mol. The van der Waals surface area contributed by atoms with Gasteiger partial charge in [-0.2, -0.15) is 0 Å². The van der Waals surface area contributed by atoms with E-state index < -0.39 is 0 Å². The smallest absolute Gasteiger partial charge is 0.354 e. The van der Waals surface area contributed by atoms with E-state index >= 15 is 0 Å². The second-order valence-corrected chi connectivity index (χ2v) is 3.09. The van der Waals surface area contributed by atoms with Gasteiger partial charge >= 0.3 is 5.97 Å². The lowest BCUT2D eigenvalue weighted by atomic mass is 10.2. The Kier molecular flexibility index (Phi) is 3.71. The van der Waals surface area contributed by atoms with Crippen LogP contribution in [0.25, 0.3) is 0 Å². The number of hydrogen-bond donors (Lipinski definition) is 1. The van der Waals surface area contributed by atoms with Crippen LogP contribution in [0.15, 0.2) is 12.1 Å². The summed E-state index contributed by atoms with van der Waals surface area (Å²) in [5, 5.41) is 8.68. The van der Waals surface area contributed by atoms with Crippen molar-refractivity contribution in [3.05, 3.63) is 23.5 Å². The van der Waals surface area contributed by atoms with Gasteiger partial charge < -0.3 is 14.4 Å². The molecule has 0 aliphatic rings. The van der Waals surface area contributed by atoms with E-state index in [2.05, 4.69) is 4.74 Å². The summed E-state index contributed by atoms with van der Waals surface area (Å²) in [4.78, 5) is 11.2. The van der Waals surface area contributed by atoms with E-state index in [1.807, 2.05) is 13.1 Å². The molecular formula is C10H15NO3. The summed E-state index contributed by atoms with van der Waals surface area (Å²) < 4.78 is 6.42. The lowest BCUT2D eigenvalue weighted by Gasteiger charge is -2.05. The van der Waals surface area contributed by atoms with Crippen molar-refractivity contribution >= 4 is 5.97 Å².